The second-order valence-electron chi connectivity index (χ2n) is 16.5. The SMILES string of the molecule is c1ccc(-c2cc(-c3ccccc3)cc(-c3cc(-c4ccc(-c5ccc(-c6cccc7c6c6ccccc6n7-c6ccccc6)c6ccccc56)cc4)nc(-c4ccccc4)n3)c2)cc1. The van der Waals surface area contributed by atoms with Crippen molar-refractivity contribution in [1.29, 1.82) is 0 Å². The molecule has 0 bridgehead atoms. The molecular weight excluding hydrogens is 787 g/mol. The molecule has 12 aromatic rings. The molecule has 0 unspecified atom stereocenters. The zero-order valence-electron chi connectivity index (χ0n) is 35.5. The van der Waals surface area contributed by atoms with E-state index in [0.717, 1.165) is 61.6 Å². The van der Waals surface area contributed by atoms with E-state index in [9.17, 15) is 0 Å². The van der Waals surface area contributed by atoms with Crippen LogP contribution in [0.2, 0.25) is 0 Å². The van der Waals surface area contributed by atoms with Gasteiger partial charge < -0.3 is 4.57 Å². The van der Waals surface area contributed by atoms with Crippen molar-refractivity contribution in [3.8, 4) is 84.1 Å². The molecule has 65 heavy (non-hydrogen) atoms. The number of hydrogen-bond acceptors (Lipinski definition) is 2. The topological polar surface area (TPSA) is 30.7 Å². The molecule has 3 heteroatoms. The first-order chi connectivity index (χ1) is 32.2. The Kier molecular flexibility index (Phi) is 9.50. The Morgan fingerprint density at radius 1 is 0.262 bits per heavy atom. The second kappa shape index (κ2) is 16.2. The number of aromatic nitrogens is 3. The van der Waals surface area contributed by atoms with Gasteiger partial charge in [-0.05, 0) is 104 Å². The van der Waals surface area contributed by atoms with Gasteiger partial charge in [-0.3, -0.25) is 0 Å². The smallest absolute Gasteiger partial charge is 0.160 e. The lowest BCUT2D eigenvalue weighted by atomic mass is 9.90. The zero-order valence-corrected chi connectivity index (χ0v) is 35.5. The van der Waals surface area contributed by atoms with Gasteiger partial charge in [-0.15, -0.1) is 0 Å². The summed E-state index contributed by atoms with van der Waals surface area (Å²) in [5, 5.41) is 4.94. The molecule has 0 saturated heterocycles. The Labute approximate surface area is 378 Å². The first-order valence-corrected chi connectivity index (χ1v) is 22.1. The van der Waals surface area contributed by atoms with Crippen LogP contribution in [0.1, 0.15) is 0 Å². The summed E-state index contributed by atoms with van der Waals surface area (Å²) in [5.41, 5.74) is 17.7. The van der Waals surface area contributed by atoms with Crippen molar-refractivity contribution in [1.82, 2.24) is 14.5 Å². The van der Waals surface area contributed by atoms with E-state index in [1.807, 2.05) is 18.2 Å². The molecule has 0 atom stereocenters. The summed E-state index contributed by atoms with van der Waals surface area (Å²) in [7, 11) is 0. The fraction of sp³-hybridized carbons (Fsp3) is 0. The fourth-order valence-electron chi connectivity index (χ4n) is 9.53. The molecule has 2 heterocycles. The van der Waals surface area contributed by atoms with Crippen LogP contribution in [0.3, 0.4) is 0 Å². The summed E-state index contributed by atoms with van der Waals surface area (Å²) in [4.78, 5) is 10.5. The van der Waals surface area contributed by atoms with Crippen molar-refractivity contribution in [3.63, 3.8) is 0 Å². The monoisotopic (exact) mass is 827 g/mol. The predicted octanol–water partition coefficient (Wildman–Crippen LogP) is 16.4. The number of benzene rings is 10. The van der Waals surface area contributed by atoms with Crippen LogP contribution in [-0.2, 0) is 0 Å². The minimum atomic E-state index is 0.692. The van der Waals surface area contributed by atoms with E-state index in [-0.39, 0.29) is 0 Å². The summed E-state index contributed by atoms with van der Waals surface area (Å²) >= 11 is 0. The van der Waals surface area contributed by atoms with E-state index in [4.69, 9.17) is 9.97 Å². The standard InChI is InChI=1S/C62H41N3/c1-5-18-42(19-6-1)47-38-48(43-20-7-2-8-21-43)40-49(39-47)58-41-57(63-62(64-58)46-22-9-3-10-23-46)45-34-32-44(33-35-45)51-36-37-54(53-27-14-13-26-52(51)53)55-29-17-31-60-61(55)56-28-15-16-30-59(56)65(60)50-24-11-4-12-25-50/h1-41H. The van der Waals surface area contributed by atoms with Crippen LogP contribution in [0.15, 0.2) is 249 Å². The Morgan fingerprint density at radius 3 is 1.38 bits per heavy atom. The maximum Gasteiger partial charge on any atom is 0.160 e. The first kappa shape index (κ1) is 38.0. The maximum atomic E-state index is 5.24. The second-order valence-corrected chi connectivity index (χ2v) is 16.5. The third-order valence-corrected chi connectivity index (χ3v) is 12.6. The van der Waals surface area contributed by atoms with Crippen molar-refractivity contribution < 1.29 is 0 Å². The van der Waals surface area contributed by atoms with Gasteiger partial charge >= 0.3 is 0 Å². The molecule has 0 spiro atoms. The molecule has 10 aromatic carbocycles. The molecule has 0 fully saturated rings. The zero-order chi connectivity index (χ0) is 43.1. The third-order valence-electron chi connectivity index (χ3n) is 12.6. The van der Waals surface area contributed by atoms with Gasteiger partial charge in [0.1, 0.15) is 0 Å². The fourth-order valence-corrected chi connectivity index (χ4v) is 9.53. The van der Waals surface area contributed by atoms with Crippen molar-refractivity contribution in [2.24, 2.45) is 0 Å². The first-order valence-electron chi connectivity index (χ1n) is 22.1. The predicted molar refractivity (Wildman–Crippen MR) is 272 cm³/mol. The van der Waals surface area contributed by atoms with E-state index in [2.05, 4.69) is 235 Å². The highest BCUT2D eigenvalue weighted by Crippen LogP contribution is 2.43. The van der Waals surface area contributed by atoms with Gasteiger partial charge in [-0.2, -0.15) is 0 Å². The Morgan fingerprint density at radius 2 is 0.738 bits per heavy atom. The molecule has 0 aliphatic heterocycles. The largest absolute Gasteiger partial charge is 0.309 e. The Balaban J connectivity index is 0.966. The van der Waals surface area contributed by atoms with Crippen LogP contribution in [0.5, 0.6) is 0 Å². The van der Waals surface area contributed by atoms with Gasteiger partial charge in [0.2, 0.25) is 0 Å². The lowest BCUT2D eigenvalue weighted by Crippen LogP contribution is -1.96. The van der Waals surface area contributed by atoms with Gasteiger partial charge in [-0.25, -0.2) is 9.97 Å². The Bertz CT molecular complexity index is 3610. The molecule has 0 aliphatic carbocycles. The van der Waals surface area contributed by atoms with Crippen LogP contribution >= 0.6 is 0 Å². The number of para-hydroxylation sites is 2. The molecule has 0 radical (unpaired) electrons. The van der Waals surface area contributed by atoms with E-state index in [1.54, 1.807) is 0 Å². The minimum absolute atomic E-state index is 0.692. The van der Waals surface area contributed by atoms with E-state index in [0.29, 0.717) is 5.82 Å². The van der Waals surface area contributed by atoms with Crippen LogP contribution in [-0.4, -0.2) is 14.5 Å². The number of nitrogens with zero attached hydrogens (tertiary/aromatic N) is 3. The molecule has 0 saturated carbocycles. The van der Waals surface area contributed by atoms with Crippen molar-refractivity contribution in [3.05, 3.63) is 249 Å². The Hall–Kier alpha value is -8.66. The van der Waals surface area contributed by atoms with E-state index in [1.165, 1.54) is 49.3 Å². The normalized spacial score (nSPS) is 11.4. The van der Waals surface area contributed by atoms with Crippen LogP contribution in [0, 0.1) is 0 Å². The van der Waals surface area contributed by atoms with Crippen LogP contribution in [0.4, 0.5) is 0 Å². The lowest BCUT2D eigenvalue weighted by molar-refractivity contribution is 1.18. The van der Waals surface area contributed by atoms with Gasteiger partial charge in [0, 0.05) is 33.2 Å². The third kappa shape index (κ3) is 6.97. The number of rotatable bonds is 8. The van der Waals surface area contributed by atoms with Crippen molar-refractivity contribution >= 4 is 32.6 Å². The molecule has 0 N–H and O–H groups in total. The number of hydrogen-bond donors (Lipinski definition) is 0. The van der Waals surface area contributed by atoms with Gasteiger partial charge in [0.05, 0.1) is 22.4 Å². The highest BCUT2D eigenvalue weighted by molar-refractivity contribution is 6.18. The molecule has 0 aliphatic rings. The summed E-state index contributed by atoms with van der Waals surface area (Å²) in [6, 6.07) is 88.8. The van der Waals surface area contributed by atoms with Crippen molar-refractivity contribution in [2.45, 2.75) is 0 Å². The maximum absolute atomic E-state index is 5.24. The highest BCUT2D eigenvalue weighted by Gasteiger charge is 2.19. The van der Waals surface area contributed by atoms with Gasteiger partial charge in [-0.1, -0.05) is 200 Å². The van der Waals surface area contributed by atoms with Crippen molar-refractivity contribution in [2.75, 3.05) is 0 Å². The van der Waals surface area contributed by atoms with Crippen LogP contribution in [0.25, 0.3) is 117 Å². The molecule has 0 amide bonds. The summed E-state index contributed by atoms with van der Waals surface area (Å²) in [6.07, 6.45) is 0. The molecule has 12 rings (SSSR count). The lowest BCUT2D eigenvalue weighted by Gasteiger charge is -2.15. The minimum Gasteiger partial charge on any atom is -0.309 e. The summed E-state index contributed by atoms with van der Waals surface area (Å²) in [5.74, 6) is 0.692. The molecular formula is C62H41N3. The molecule has 304 valence electrons. The number of fused-ring (bicyclic) bond motifs is 4. The quantitative estimate of drug-likeness (QED) is 0.153. The highest BCUT2D eigenvalue weighted by atomic mass is 15.0. The summed E-state index contributed by atoms with van der Waals surface area (Å²) in [6.45, 7) is 0. The molecule has 2 aromatic heterocycles. The summed E-state index contributed by atoms with van der Waals surface area (Å²) < 4.78 is 2.39. The van der Waals surface area contributed by atoms with Gasteiger partial charge in [0.15, 0.2) is 5.82 Å². The van der Waals surface area contributed by atoms with E-state index < -0.39 is 0 Å². The molecule has 3 nitrogen and oxygen atoms in total. The average molecular weight is 828 g/mol. The average Bonchev–Trinajstić information content (AvgIpc) is 3.74. The van der Waals surface area contributed by atoms with E-state index >= 15 is 0 Å². The van der Waals surface area contributed by atoms with Crippen LogP contribution < -0.4 is 0 Å². The van der Waals surface area contributed by atoms with Gasteiger partial charge in [0.25, 0.3) is 0 Å².